The van der Waals surface area contributed by atoms with E-state index in [0.29, 0.717) is 16.5 Å². The van der Waals surface area contributed by atoms with Crippen molar-refractivity contribution in [1.82, 2.24) is 10.6 Å². The first kappa shape index (κ1) is 29.3. The molecule has 2 aliphatic rings. The summed E-state index contributed by atoms with van der Waals surface area (Å²) in [5, 5.41) is 50.7. The minimum atomic E-state index is -1.67. The zero-order chi connectivity index (χ0) is 29.6. The Morgan fingerprint density at radius 1 is 0.975 bits per heavy atom. The lowest BCUT2D eigenvalue weighted by Gasteiger charge is -2.18. The Hall–Kier alpha value is -5.27. The summed E-state index contributed by atoms with van der Waals surface area (Å²) in [7, 11) is 0. The molecule has 1 aliphatic carbocycles. The van der Waals surface area contributed by atoms with Crippen LogP contribution in [-0.4, -0.2) is 68.7 Å². The number of rotatable bonds is 7. The number of aliphatic hydroxyl groups is 2. The zero-order valence-corrected chi connectivity index (χ0v) is 20.8. The average Bonchev–Trinajstić information content (AvgIpc) is 2.90. The van der Waals surface area contributed by atoms with E-state index in [1.54, 1.807) is 0 Å². The maximum absolute atomic E-state index is 12.8. The van der Waals surface area contributed by atoms with Crippen LogP contribution in [0.4, 0.5) is 0 Å². The van der Waals surface area contributed by atoms with Crippen molar-refractivity contribution in [3.8, 4) is 28.2 Å². The molecule has 2 amide bonds. The van der Waals surface area contributed by atoms with Crippen molar-refractivity contribution in [3.63, 3.8) is 0 Å². The highest BCUT2D eigenvalue weighted by atomic mass is 16.4. The summed E-state index contributed by atoms with van der Waals surface area (Å²) in [6.45, 7) is 0.622. The van der Waals surface area contributed by atoms with Crippen LogP contribution in [0.1, 0.15) is 27.6 Å². The molecule has 0 saturated carbocycles. The quantitative estimate of drug-likeness (QED) is 0.0980. The molecule has 1 heterocycles. The van der Waals surface area contributed by atoms with Crippen molar-refractivity contribution < 1.29 is 49.1 Å². The summed E-state index contributed by atoms with van der Waals surface area (Å²) < 4.78 is 5.79. The summed E-state index contributed by atoms with van der Waals surface area (Å²) in [6.07, 6.45) is -2.97. The Balaban J connectivity index is 0.00000141. The van der Waals surface area contributed by atoms with E-state index in [-0.39, 0.29) is 52.4 Å². The minimum Gasteiger partial charge on any atom is -0.508 e. The van der Waals surface area contributed by atoms with Gasteiger partial charge in [0, 0.05) is 34.2 Å². The SMILES string of the molecule is CC(O)C(O)C(=O)NCNC(=O)c1ccc(C(=O)O)c(-c2c3ccc(=O)cc-3oc3cc(O)ccc23)c1.O=CO. The molecule has 2 atom stereocenters. The second-order valence-electron chi connectivity index (χ2n) is 8.40. The molecule has 2 aromatic rings. The molecule has 13 heteroatoms. The lowest BCUT2D eigenvalue weighted by atomic mass is 9.89. The van der Waals surface area contributed by atoms with Crippen LogP contribution in [0.3, 0.4) is 0 Å². The summed E-state index contributed by atoms with van der Waals surface area (Å²) in [5.74, 6) is -2.74. The smallest absolute Gasteiger partial charge is 0.336 e. The molecule has 4 rings (SSSR count). The Morgan fingerprint density at radius 2 is 1.68 bits per heavy atom. The molecule has 2 unspecified atom stereocenters. The number of carbonyl (C=O) groups is 4. The van der Waals surface area contributed by atoms with Crippen LogP contribution in [0.2, 0.25) is 0 Å². The maximum atomic E-state index is 12.8. The summed E-state index contributed by atoms with van der Waals surface area (Å²) in [5.41, 5.74) is 0.733. The fourth-order valence-corrected chi connectivity index (χ4v) is 3.87. The fourth-order valence-electron chi connectivity index (χ4n) is 3.87. The number of carboxylic acids is 1. The number of fused-ring (bicyclic) bond motifs is 2. The lowest BCUT2D eigenvalue weighted by Crippen LogP contribution is -2.45. The molecule has 7 N–H and O–H groups in total. The summed E-state index contributed by atoms with van der Waals surface area (Å²) in [6, 6.07) is 12.2. The summed E-state index contributed by atoms with van der Waals surface area (Å²) >= 11 is 0. The molecule has 2 aromatic carbocycles. The van der Waals surface area contributed by atoms with Crippen molar-refractivity contribution in [3.05, 3.63) is 75.9 Å². The Kier molecular flexibility index (Phi) is 9.16. The molecule has 40 heavy (non-hydrogen) atoms. The van der Waals surface area contributed by atoms with Gasteiger partial charge in [-0.05, 0) is 55.0 Å². The number of hydrogen-bond acceptors (Lipinski definition) is 9. The molecule has 0 spiro atoms. The van der Waals surface area contributed by atoms with E-state index in [0.717, 1.165) is 0 Å². The predicted octanol–water partition coefficient (Wildman–Crippen LogP) is 1.21. The van der Waals surface area contributed by atoms with Gasteiger partial charge in [0.25, 0.3) is 18.3 Å². The van der Waals surface area contributed by atoms with Crippen LogP contribution in [0.15, 0.2) is 63.8 Å². The standard InChI is InChI=1S/C26H22N2O9.CH2O2/c1-12(29)23(32)25(34)28-11-27-24(33)13-2-5-16(26(35)36)19(8-13)22-17-6-3-14(30)9-20(17)37-21-10-15(31)4-7-18(21)22;2-1-3/h2-10,12,23,29-30,32H,11H2,1H3,(H,27,33)(H,28,34)(H,35,36);1H,(H,2,3). The topological polar surface area (TPSA) is 224 Å². The fraction of sp³-hybridized carbons (Fsp3) is 0.148. The first-order valence-corrected chi connectivity index (χ1v) is 11.6. The molecule has 0 aromatic heterocycles. The minimum absolute atomic E-state index is 0.0617. The van der Waals surface area contributed by atoms with E-state index < -0.39 is 30.0 Å². The number of amides is 2. The number of aromatic hydroxyl groups is 1. The van der Waals surface area contributed by atoms with Crippen LogP contribution >= 0.6 is 0 Å². The number of carbonyl (C=O) groups excluding carboxylic acids is 2. The first-order valence-electron chi connectivity index (χ1n) is 11.6. The second kappa shape index (κ2) is 12.5. The van der Waals surface area contributed by atoms with Gasteiger partial charge in [-0.2, -0.15) is 0 Å². The number of phenolic OH excluding ortho intramolecular Hbond substituents is 1. The lowest BCUT2D eigenvalue weighted by molar-refractivity contribution is -0.134. The normalized spacial score (nSPS) is 12.1. The molecule has 0 saturated heterocycles. The van der Waals surface area contributed by atoms with E-state index in [1.807, 2.05) is 0 Å². The van der Waals surface area contributed by atoms with Gasteiger partial charge in [-0.25, -0.2) is 4.79 Å². The second-order valence-corrected chi connectivity index (χ2v) is 8.40. The van der Waals surface area contributed by atoms with Gasteiger partial charge in [0.2, 0.25) is 0 Å². The highest BCUT2D eigenvalue weighted by molar-refractivity contribution is 6.09. The number of hydrogen-bond donors (Lipinski definition) is 7. The molecule has 0 radical (unpaired) electrons. The number of benzene rings is 3. The Bertz CT molecular complexity index is 1610. The van der Waals surface area contributed by atoms with Gasteiger partial charge in [0.15, 0.2) is 11.5 Å². The third-order valence-electron chi connectivity index (χ3n) is 5.70. The van der Waals surface area contributed by atoms with Crippen LogP contribution < -0.4 is 16.1 Å². The third-order valence-corrected chi connectivity index (χ3v) is 5.70. The predicted molar refractivity (Wildman–Crippen MR) is 140 cm³/mol. The van der Waals surface area contributed by atoms with Crippen LogP contribution in [0.5, 0.6) is 5.75 Å². The molecular weight excluding hydrogens is 528 g/mol. The average molecular weight is 552 g/mol. The van der Waals surface area contributed by atoms with Crippen molar-refractivity contribution >= 4 is 35.2 Å². The van der Waals surface area contributed by atoms with Crippen LogP contribution in [0.25, 0.3) is 33.4 Å². The molecule has 0 bridgehead atoms. The molecule has 0 fully saturated rings. The number of aromatic carboxylic acids is 1. The van der Waals surface area contributed by atoms with Gasteiger partial charge in [0.05, 0.1) is 18.3 Å². The van der Waals surface area contributed by atoms with Gasteiger partial charge in [-0.3, -0.25) is 19.2 Å². The highest BCUT2D eigenvalue weighted by Crippen LogP contribution is 2.42. The molecular formula is C27H24N2O11. The van der Waals surface area contributed by atoms with Crippen molar-refractivity contribution in [2.24, 2.45) is 0 Å². The van der Waals surface area contributed by atoms with Gasteiger partial charge in [-0.15, -0.1) is 0 Å². The van der Waals surface area contributed by atoms with E-state index in [1.165, 1.54) is 61.5 Å². The first-order chi connectivity index (χ1) is 19.0. The summed E-state index contributed by atoms with van der Waals surface area (Å²) in [4.78, 5) is 57.0. The largest absolute Gasteiger partial charge is 0.508 e. The zero-order valence-electron chi connectivity index (χ0n) is 20.8. The number of phenols is 1. The monoisotopic (exact) mass is 552 g/mol. The van der Waals surface area contributed by atoms with E-state index in [2.05, 4.69) is 10.6 Å². The van der Waals surface area contributed by atoms with Gasteiger partial charge in [0.1, 0.15) is 17.1 Å². The van der Waals surface area contributed by atoms with E-state index >= 15 is 0 Å². The third kappa shape index (κ3) is 6.40. The number of carboxylic acid groups (broad SMARTS) is 2. The van der Waals surface area contributed by atoms with E-state index in [9.17, 15) is 39.6 Å². The molecule has 13 nitrogen and oxygen atoms in total. The van der Waals surface area contributed by atoms with Crippen LogP contribution in [0, 0.1) is 0 Å². The molecule has 208 valence electrons. The molecule has 1 aliphatic heterocycles. The van der Waals surface area contributed by atoms with Crippen LogP contribution in [-0.2, 0) is 9.59 Å². The Morgan fingerprint density at radius 3 is 2.33 bits per heavy atom. The highest BCUT2D eigenvalue weighted by Gasteiger charge is 2.24. The Labute approximate surface area is 225 Å². The van der Waals surface area contributed by atoms with Crippen molar-refractivity contribution in [2.45, 2.75) is 19.1 Å². The van der Waals surface area contributed by atoms with Crippen molar-refractivity contribution in [1.29, 1.82) is 0 Å². The van der Waals surface area contributed by atoms with Gasteiger partial charge < -0.3 is 40.6 Å². The number of nitrogens with one attached hydrogen (secondary N) is 2. The van der Waals surface area contributed by atoms with Crippen molar-refractivity contribution in [2.75, 3.05) is 6.67 Å². The number of aliphatic hydroxyl groups excluding tert-OH is 2. The van der Waals surface area contributed by atoms with E-state index in [4.69, 9.17) is 14.3 Å². The maximum Gasteiger partial charge on any atom is 0.336 e. The van der Waals surface area contributed by atoms with Gasteiger partial charge >= 0.3 is 5.97 Å². The van der Waals surface area contributed by atoms with Gasteiger partial charge in [-0.1, -0.05) is 0 Å².